The van der Waals surface area contributed by atoms with Crippen LogP contribution in [0.3, 0.4) is 0 Å². The molecular formula is C9H17O3PS. The molecule has 1 fully saturated rings. The van der Waals surface area contributed by atoms with Gasteiger partial charge in [0.2, 0.25) is 0 Å². The molecule has 1 heterocycles. The van der Waals surface area contributed by atoms with Crippen LogP contribution in [0.5, 0.6) is 0 Å². The average Bonchev–Trinajstić information content (AvgIpc) is 2.11. The van der Waals surface area contributed by atoms with E-state index in [0.717, 1.165) is 0 Å². The lowest BCUT2D eigenvalue weighted by Gasteiger charge is -2.33. The minimum Gasteiger partial charge on any atom is -0.300 e. The molecule has 0 amide bonds. The third-order valence-corrected chi connectivity index (χ3v) is 5.93. The van der Waals surface area contributed by atoms with Gasteiger partial charge in [0.25, 0.3) is 0 Å². The fourth-order valence-corrected chi connectivity index (χ4v) is 4.76. The molecule has 0 N–H and O–H groups in total. The molecule has 0 saturated carbocycles. The van der Waals surface area contributed by atoms with Crippen molar-refractivity contribution in [1.29, 1.82) is 0 Å². The molecule has 0 bridgehead atoms. The number of hydrogen-bond donors (Lipinski definition) is 0. The van der Waals surface area contributed by atoms with Gasteiger partial charge in [-0.15, -0.1) is 6.58 Å². The zero-order valence-electron chi connectivity index (χ0n) is 8.86. The van der Waals surface area contributed by atoms with Crippen molar-refractivity contribution in [1.82, 2.24) is 0 Å². The molecule has 14 heavy (non-hydrogen) atoms. The summed E-state index contributed by atoms with van der Waals surface area (Å²) >= 11 is 1.22. The van der Waals surface area contributed by atoms with Crippen LogP contribution in [-0.4, -0.2) is 18.5 Å². The van der Waals surface area contributed by atoms with E-state index in [4.69, 9.17) is 9.05 Å². The zero-order valence-corrected chi connectivity index (χ0v) is 10.6. The van der Waals surface area contributed by atoms with E-state index in [-0.39, 0.29) is 10.7 Å². The lowest BCUT2D eigenvalue weighted by atomic mass is 9.97. The molecule has 0 aromatic heterocycles. The molecule has 5 heteroatoms. The van der Waals surface area contributed by atoms with Crippen LogP contribution in [-0.2, 0) is 13.6 Å². The summed E-state index contributed by atoms with van der Waals surface area (Å²) in [5.41, 5.74) is -0.0358. The highest BCUT2D eigenvalue weighted by Crippen LogP contribution is 2.65. The Balaban J connectivity index is 2.54. The van der Waals surface area contributed by atoms with Gasteiger partial charge in [-0.3, -0.25) is 0 Å². The molecule has 1 unspecified atom stereocenters. The van der Waals surface area contributed by atoms with Gasteiger partial charge >= 0.3 is 6.80 Å². The summed E-state index contributed by atoms with van der Waals surface area (Å²) in [4.78, 5) is 0. The minimum absolute atomic E-state index is 0.0358. The summed E-state index contributed by atoms with van der Waals surface area (Å²) < 4.78 is 22.6. The number of hydrogen-bond acceptors (Lipinski definition) is 4. The summed E-state index contributed by atoms with van der Waals surface area (Å²) in [7, 11) is 0. The van der Waals surface area contributed by atoms with Crippen LogP contribution < -0.4 is 0 Å². The molecule has 1 saturated heterocycles. The Hall–Kier alpha value is 0.240. The summed E-state index contributed by atoms with van der Waals surface area (Å²) in [6, 6.07) is 0. The molecule has 0 spiro atoms. The van der Waals surface area contributed by atoms with Crippen molar-refractivity contribution < 1.29 is 13.6 Å². The van der Waals surface area contributed by atoms with Crippen molar-refractivity contribution in [2.24, 2.45) is 5.41 Å². The maximum atomic E-state index is 12.0. The van der Waals surface area contributed by atoms with Gasteiger partial charge in [0, 0.05) is 10.7 Å². The van der Waals surface area contributed by atoms with E-state index in [1.165, 1.54) is 11.4 Å². The Morgan fingerprint density at radius 2 is 2.00 bits per heavy atom. The molecule has 0 aromatic rings. The van der Waals surface area contributed by atoms with E-state index in [1.54, 1.807) is 6.08 Å². The third-order valence-electron chi connectivity index (χ3n) is 1.85. The van der Waals surface area contributed by atoms with Crippen LogP contribution in [0, 0.1) is 5.41 Å². The van der Waals surface area contributed by atoms with Crippen LogP contribution in [0.15, 0.2) is 12.7 Å². The Bertz CT molecular complexity index is 251. The predicted molar refractivity (Wildman–Crippen MR) is 60.5 cm³/mol. The van der Waals surface area contributed by atoms with Gasteiger partial charge in [-0.25, -0.2) is 4.57 Å². The molecule has 1 rings (SSSR count). The molecular weight excluding hydrogens is 219 g/mol. The summed E-state index contributed by atoms with van der Waals surface area (Å²) in [6.45, 7) is 7.66. The van der Waals surface area contributed by atoms with Gasteiger partial charge in [-0.05, 0) is 18.3 Å². The highest BCUT2D eigenvalue weighted by Gasteiger charge is 2.37. The average molecular weight is 236 g/mol. The Morgan fingerprint density at radius 3 is 2.43 bits per heavy atom. The number of rotatable bonds is 3. The lowest BCUT2D eigenvalue weighted by molar-refractivity contribution is 0.0500. The van der Waals surface area contributed by atoms with Gasteiger partial charge in [0.15, 0.2) is 0 Å². The second kappa shape index (κ2) is 4.40. The van der Waals surface area contributed by atoms with Crippen molar-refractivity contribution in [3.05, 3.63) is 12.7 Å². The molecule has 0 aliphatic carbocycles. The maximum Gasteiger partial charge on any atom is 0.389 e. The first kappa shape index (κ1) is 12.3. The monoisotopic (exact) mass is 236 g/mol. The van der Waals surface area contributed by atoms with Gasteiger partial charge < -0.3 is 9.05 Å². The van der Waals surface area contributed by atoms with Crippen LogP contribution in [0.1, 0.15) is 20.8 Å². The fourth-order valence-electron chi connectivity index (χ4n) is 0.894. The smallest absolute Gasteiger partial charge is 0.300 e. The second-order valence-corrected chi connectivity index (χ2v) is 8.54. The summed E-state index contributed by atoms with van der Waals surface area (Å²) in [5, 5.41) is 0.0852. The molecule has 0 radical (unpaired) electrons. The summed E-state index contributed by atoms with van der Waals surface area (Å²) in [5.74, 6) is 0. The van der Waals surface area contributed by atoms with E-state index in [9.17, 15) is 4.57 Å². The molecule has 1 aliphatic heterocycles. The van der Waals surface area contributed by atoms with Crippen molar-refractivity contribution in [3.8, 4) is 0 Å². The normalized spacial score (nSPS) is 26.8. The van der Waals surface area contributed by atoms with Gasteiger partial charge in [0.1, 0.15) is 0 Å². The largest absolute Gasteiger partial charge is 0.389 e. The fraction of sp³-hybridized carbons (Fsp3) is 0.778. The molecule has 82 valence electrons. The topological polar surface area (TPSA) is 35.5 Å². The van der Waals surface area contributed by atoms with E-state index in [0.29, 0.717) is 13.2 Å². The van der Waals surface area contributed by atoms with E-state index < -0.39 is 6.80 Å². The quantitative estimate of drug-likeness (QED) is 0.555. The van der Waals surface area contributed by atoms with Gasteiger partial charge in [0.05, 0.1) is 13.2 Å². The van der Waals surface area contributed by atoms with Gasteiger partial charge in [-0.2, -0.15) is 0 Å². The minimum atomic E-state index is -2.92. The van der Waals surface area contributed by atoms with Crippen molar-refractivity contribution in [2.45, 2.75) is 26.0 Å². The molecule has 1 aliphatic rings. The van der Waals surface area contributed by atoms with Gasteiger partial charge in [-0.1, -0.05) is 19.9 Å². The SMILES string of the molecule is C=CC(C)SP1(=O)OCC(C)(C)CO1. The second-order valence-electron chi connectivity index (χ2n) is 4.20. The van der Waals surface area contributed by atoms with Crippen molar-refractivity contribution in [3.63, 3.8) is 0 Å². The highest BCUT2D eigenvalue weighted by atomic mass is 32.7. The molecule has 1 atom stereocenters. The van der Waals surface area contributed by atoms with E-state index in [1.807, 2.05) is 20.8 Å². The van der Waals surface area contributed by atoms with Crippen molar-refractivity contribution >= 4 is 18.2 Å². The Labute approximate surface area is 89.5 Å². The third kappa shape index (κ3) is 3.43. The lowest BCUT2D eigenvalue weighted by Crippen LogP contribution is -2.28. The molecule has 0 aromatic carbocycles. The van der Waals surface area contributed by atoms with E-state index >= 15 is 0 Å². The Morgan fingerprint density at radius 1 is 1.50 bits per heavy atom. The summed E-state index contributed by atoms with van der Waals surface area (Å²) in [6.07, 6.45) is 1.73. The Kier molecular flexibility index (Phi) is 3.87. The van der Waals surface area contributed by atoms with Crippen LogP contribution in [0.4, 0.5) is 0 Å². The van der Waals surface area contributed by atoms with Crippen LogP contribution in [0.25, 0.3) is 0 Å². The first-order valence-electron chi connectivity index (χ1n) is 4.57. The predicted octanol–water partition coefficient (Wildman–Crippen LogP) is 3.48. The van der Waals surface area contributed by atoms with Crippen LogP contribution >= 0.6 is 18.2 Å². The van der Waals surface area contributed by atoms with E-state index in [2.05, 4.69) is 6.58 Å². The zero-order chi connectivity index (χ0) is 10.8. The highest BCUT2D eigenvalue weighted by molar-refractivity contribution is 8.55. The van der Waals surface area contributed by atoms with Crippen LogP contribution in [0.2, 0.25) is 0 Å². The maximum absolute atomic E-state index is 12.0. The standard InChI is InChI=1S/C9H17O3PS/c1-5-8(2)14-13(10)11-6-9(3,4)7-12-13/h5,8H,1,6-7H2,2-4H3. The first-order valence-corrected chi connectivity index (χ1v) is 7.60. The first-order chi connectivity index (χ1) is 6.37. The molecule has 3 nitrogen and oxygen atoms in total. The van der Waals surface area contributed by atoms with Crippen molar-refractivity contribution in [2.75, 3.05) is 13.2 Å².